The van der Waals surface area contributed by atoms with Gasteiger partial charge in [0.15, 0.2) is 11.5 Å². The molecule has 1 atom stereocenters. The number of nitrogens with zero attached hydrogens (tertiary/aromatic N) is 1. The Morgan fingerprint density at radius 3 is 2.68 bits per heavy atom. The summed E-state index contributed by atoms with van der Waals surface area (Å²) in [5, 5.41) is 11.3. The molecular weight excluding hydrogens is 324 g/mol. The number of nitrogens with one attached hydrogen (secondary N) is 1. The maximum Gasteiger partial charge on any atom is 0.325 e. The van der Waals surface area contributed by atoms with Crippen LogP contribution in [0.1, 0.15) is 29.8 Å². The van der Waals surface area contributed by atoms with Crippen LogP contribution in [-0.2, 0) is 11.4 Å². The van der Waals surface area contributed by atoms with Gasteiger partial charge in [-0.15, -0.1) is 0 Å². The molecule has 1 amide bonds. The van der Waals surface area contributed by atoms with Crippen LogP contribution in [0, 0.1) is 0 Å². The number of aliphatic carboxylic acids is 1. The van der Waals surface area contributed by atoms with Crippen LogP contribution in [-0.4, -0.2) is 34.6 Å². The molecular formula is C18H20N2O5. The van der Waals surface area contributed by atoms with Crippen molar-refractivity contribution in [1.82, 2.24) is 10.3 Å². The number of benzene rings is 1. The maximum atomic E-state index is 12.1. The van der Waals surface area contributed by atoms with E-state index < -0.39 is 17.9 Å². The number of ether oxygens (including phenoxy) is 2. The molecule has 0 saturated heterocycles. The third kappa shape index (κ3) is 5.20. The Bertz CT molecular complexity index is 734. The second-order valence-corrected chi connectivity index (χ2v) is 5.28. The molecule has 2 aromatic rings. The molecule has 132 valence electrons. The van der Waals surface area contributed by atoms with Crippen LogP contribution in [0.25, 0.3) is 0 Å². The first-order valence-corrected chi connectivity index (χ1v) is 7.83. The fraction of sp³-hybridized carbons (Fsp3) is 0.278. The molecule has 0 fully saturated rings. The number of carboxylic acid groups (broad SMARTS) is 1. The van der Waals surface area contributed by atoms with Crippen LogP contribution < -0.4 is 14.8 Å². The molecule has 0 unspecified atom stereocenters. The molecule has 0 aliphatic carbocycles. The third-order valence-electron chi connectivity index (χ3n) is 3.34. The number of rotatable bonds is 8. The highest BCUT2D eigenvalue weighted by Gasteiger charge is 2.17. The average molecular weight is 344 g/mol. The van der Waals surface area contributed by atoms with E-state index in [0.717, 1.165) is 5.56 Å². The average Bonchev–Trinajstić information content (AvgIpc) is 2.61. The van der Waals surface area contributed by atoms with E-state index in [1.54, 1.807) is 24.5 Å². The molecule has 0 saturated carbocycles. The van der Waals surface area contributed by atoms with Crippen LogP contribution in [0.2, 0.25) is 0 Å². The molecule has 2 rings (SSSR count). The van der Waals surface area contributed by atoms with E-state index in [4.69, 9.17) is 14.6 Å². The molecule has 1 aromatic carbocycles. The largest absolute Gasteiger partial charge is 0.490 e. The standard InChI is InChI=1S/C18H20N2O5/c1-3-24-16-9-14(17(21)20-12(2)18(22)23)6-7-15(16)25-11-13-5-4-8-19-10-13/h4-10,12H,3,11H2,1-2H3,(H,20,21)(H,22,23)/t12-/m0/s1. The Hall–Kier alpha value is -3.09. The zero-order valence-electron chi connectivity index (χ0n) is 14.1. The van der Waals surface area contributed by atoms with Crippen LogP contribution in [0.15, 0.2) is 42.7 Å². The highest BCUT2D eigenvalue weighted by molar-refractivity contribution is 5.97. The molecule has 2 N–H and O–H groups in total. The van der Waals surface area contributed by atoms with E-state index >= 15 is 0 Å². The fourth-order valence-electron chi connectivity index (χ4n) is 2.02. The predicted octanol–water partition coefficient (Wildman–Crippen LogP) is 2.26. The lowest BCUT2D eigenvalue weighted by molar-refractivity contribution is -0.138. The molecule has 7 heteroatoms. The van der Waals surface area contributed by atoms with E-state index in [1.165, 1.54) is 13.0 Å². The Kier molecular flexibility index (Phi) is 6.33. The number of aromatic nitrogens is 1. The summed E-state index contributed by atoms with van der Waals surface area (Å²) in [6.07, 6.45) is 3.39. The molecule has 25 heavy (non-hydrogen) atoms. The maximum absolute atomic E-state index is 12.1. The summed E-state index contributed by atoms with van der Waals surface area (Å²) in [7, 11) is 0. The first-order chi connectivity index (χ1) is 12.0. The van der Waals surface area contributed by atoms with Gasteiger partial charge in [-0.2, -0.15) is 0 Å². The van der Waals surface area contributed by atoms with Crippen LogP contribution in [0.4, 0.5) is 0 Å². The zero-order valence-corrected chi connectivity index (χ0v) is 14.1. The van der Waals surface area contributed by atoms with Gasteiger partial charge in [0.25, 0.3) is 5.91 Å². The van der Waals surface area contributed by atoms with Gasteiger partial charge in [0.2, 0.25) is 0 Å². The quantitative estimate of drug-likeness (QED) is 0.762. The van der Waals surface area contributed by atoms with Crippen molar-refractivity contribution >= 4 is 11.9 Å². The lowest BCUT2D eigenvalue weighted by Gasteiger charge is -2.14. The number of amides is 1. The number of carboxylic acids is 1. The van der Waals surface area contributed by atoms with E-state index in [-0.39, 0.29) is 0 Å². The molecule has 0 aliphatic heterocycles. The molecule has 1 heterocycles. The topological polar surface area (TPSA) is 97.8 Å². The minimum absolute atomic E-state index is 0.297. The molecule has 0 bridgehead atoms. The Balaban J connectivity index is 2.13. The van der Waals surface area contributed by atoms with Gasteiger partial charge in [0, 0.05) is 23.5 Å². The van der Waals surface area contributed by atoms with Crippen molar-refractivity contribution < 1.29 is 24.2 Å². The van der Waals surface area contributed by atoms with Gasteiger partial charge in [-0.3, -0.25) is 14.6 Å². The summed E-state index contributed by atoms with van der Waals surface area (Å²) in [5.41, 5.74) is 1.20. The van der Waals surface area contributed by atoms with Crippen molar-refractivity contribution in [2.75, 3.05) is 6.61 Å². The van der Waals surface area contributed by atoms with Crippen molar-refractivity contribution in [3.05, 3.63) is 53.9 Å². The molecule has 7 nitrogen and oxygen atoms in total. The van der Waals surface area contributed by atoms with Crippen molar-refractivity contribution in [3.63, 3.8) is 0 Å². The Morgan fingerprint density at radius 1 is 1.24 bits per heavy atom. The van der Waals surface area contributed by atoms with Crippen LogP contribution in [0.3, 0.4) is 0 Å². The van der Waals surface area contributed by atoms with Crippen molar-refractivity contribution in [3.8, 4) is 11.5 Å². The third-order valence-corrected chi connectivity index (χ3v) is 3.34. The van der Waals surface area contributed by atoms with Gasteiger partial charge >= 0.3 is 5.97 Å². The van der Waals surface area contributed by atoms with E-state index in [0.29, 0.717) is 30.3 Å². The summed E-state index contributed by atoms with van der Waals surface area (Å²) in [5.74, 6) is -0.681. The lowest BCUT2D eigenvalue weighted by Crippen LogP contribution is -2.38. The lowest BCUT2D eigenvalue weighted by atomic mass is 10.1. The zero-order chi connectivity index (χ0) is 18.2. The summed E-state index contributed by atoms with van der Waals surface area (Å²) in [6, 6.07) is 7.45. The number of carbonyl (C=O) groups excluding carboxylic acids is 1. The fourth-order valence-corrected chi connectivity index (χ4v) is 2.02. The van der Waals surface area contributed by atoms with Crippen molar-refractivity contribution in [2.24, 2.45) is 0 Å². The van der Waals surface area contributed by atoms with Crippen LogP contribution in [0.5, 0.6) is 11.5 Å². The summed E-state index contributed by atoms with van der Waals surface area (Å²) >= 11 is 0. The summed E-state index contributed by atoms with van der Waals surface area (Å²) in [6.45, 7) is 3.94. The highest BCUT2D eigenvalue weighted by Crippen LogP contribution is 2.29. The smallest absolute Gasteiger partial charge is 0.325 e. The van der Waals surface area contributed by atoms with Crippen LogP contribution >= 0.6 is 0 Å². The van der Waals surface area contributed by atoms with E-state index in [2.05, 4.69) is 10.3 Å². The minimum Gasteiger partial charge on any atom is -0.490 e. The van der Waals surface area contributed by atoms with Gasteiger partial charge in [-0.1, -0.05) is 6.07 Å². The Labute approximate surface area is 145 Å². The number of carbonyl (C=O) groups is 2. The monoisotopic (exact) mass is 344 g/mol. The van der Waals surface area contributed by atoms with Crippen molar-refractivity contribution in [1.29, 1.82) is 0 Å². The molecule has 1 aromatic heterocycles. The van der Waals surface area contributed by atoms with E-state index in [1.807, 2.05) is 19.1 Å². The summed E-state index contributed by atoms with van der Waals surface area (Å²) in [4.78, 5) is 27.0. The van der Waals surface area contributed by atoms with Gasteiger partial charge in [-0.25, -0.2) is 0 Å². The van der Waals surface area contributed by atoms with Gasteiger partial charge in [-0.05, 0) is 38.1 Å². The molecule has 0 spiro atoms. The minimum atomic E-state index is -1.10. The predicted molar refractivity (Wildman–Crippen MR) is 90.7 cm³/mol. The normalized spacial score (nSPS) is 11.4. The van der Waals surface area contributed by atoms with Gasteiger partial charge < -0.3 is 19.9 Å². The highest BCUT2D eigenvalue weighted by atomic mass is 16.5. The Morgan fingerprint density at radius 2 is 2.04 bits per heavy atom. The van der Waals surface area contributed by atoms with Crippen molar-refractivity contribution in [2.45, 2.75) is 26.5 Å². The first kappa shape index (κ1) is 18.3. The first-order valence-electron chi connectivity index (χ1n) is 7.83. The second-order valence-electron chi connectivity index (χ2n) is 5.28. The number of hydrogen-bond acceptors (Lipinski definition) is 5. The SMILES string of the molecule is CCOc1cc(C(=O)N[C@@H](C)C(=O)O)ccc1OCc1cccnc1. The number of pyridine rings is 1. The van der Waals surface area contributed by atoms with Gasteiger partial charge in [0.1, 0.15) is 12.6 Å². The number of hydrogen-bond donors (Lipinski definition) is 2. The molecule has 0 aliphatic rings. The second kappa shape index (κ2) is 8.68. The molecule has 0 radical (unpaired) electrons. The summed E-state index contributed by atoms with van der Waals surface area (Å²) < 4.78 is 11.3. The van der Waals surface area contributed by atoms with E-state index in [9.17, 15) is 9.59 Å². The van der Waals surface area contributed by atoms with Gasteiger partial charge in [0.05, 0.1) is 6.61 Å².